The fraction of sp³-hybridized carbons (Fsp3) is 0.375. The van der Waals surface area contributed by atoms with E-state index >= 15 is 0 Å². The van der Waals surface area contributed by atoms with Crippen molar-refractivity contribution in [2.24, 2.45) is 0 Å². The van der Waals surface area contributed by atoms with Crippen LogP contribution >= 0.6 is 0 Å². The third-order valence-electron chi connectivity index (χ3n) is 6.35. The number of aromatic nitrogens is 1. The highest BCUT2D eigenvalue weighted by molar-refractivity contribution is 5.97. The van der Waals surface area contributed by atoms with Crippen molar-refractivity contribution in [3.05, 3.63) is 72.1 Å². The van der Waals surface area contributed by atoms with Crippen molar-refractivity contribution in [3.63, 3.8) is 0 Å². The molecule has 2 heterocycles. The van der Waals surface area contributed by atoms with Crippen LogP contribution in [0.1, 0.15) is 36.8 Å². The Morgan fingerprint density at radius 3 is 2.63 bits per heavy atom. The summed E-state index contributed by atoms with van der Waals surface area (Å²) in [4.78, 5) is 7.11. The fourth-order valence-electron chi connectivity index (χ4n) is 4.91. The van der Waals surface area contributed by atoms with Crippen molar-refractivity contribution in [3.8, 4) is 0 Å². The molecule has 2 aliphatic rings. The van der Waals surface area contributed by atoms with Crippen LogP contribution in [-0.2, 0) is 13.0 Å². The number of nitrogens with one attached hydrogen (secondary N) is 1. The first-order valence-corrected chi connectivity index (χ1v) is 10.3. The highest BCUT2D eigenvalue weighted by atomic mass is 15.2. The monoisotopic (exact) mass is 357 g/mol. The summed E-state index contributed by atoms with van der Waals surface area (Å²) in [5.74, 6) is 0. The van der Waals surface area contributed by atoms with Crippen LogP contribution in [0, 0.1) is 0 Å². The number of nitrogens with zero attached hydrogens (tertiary/aromatic N) is 2. The van der Waals surface area contributed by atoms with Gasteiger partial charge in [-0.15, -0.1) is 0 Å². The second-order valence-corrected chi connectivity index (χ2v) is 7.99. The molecule has 5 rings (SSSR count). The molecule has 138 valence electrons. The lowest BCUT2D eigenvalue weighted by Crippen LogP contribution is -2.44. The first kappa shape index (κ1) is 16.8. The van der Waals surface area contributed by atoms with Crippen LogP contribution in [0.15, 0.2) is 60.9 Å². The first-order valence-electron chi connectivity index (χ1n) is 10.3. The molecule has 0 spiro atoms. The van der Waals surface area contributed by atoms with Crippen LogP contribution in [0.2, 0.25) is 0 Å². The number of benzene rings is 2. The van der Waals surface area contributed by atoms with E-state index in [1.165, 1.54) is 53.3 Å². The largest absolute Gasteiger partial charge is 0.368 e. The third-order valence-corrected chi connectivity index (χ3v) is 6.35. The fourth-order valence-corrected chi connectivity index (χ4v) is 4.91. The summed E-state index contributed by atoms with van der Waals surface area (Å²) in [6, 6.07) is 18.8. The molecule has 1 aliphatic heterocycles. The number of hydrogen-bond acceptors (Lipinski definition) is 3. The summed E-state index contributed by atoms with van der Waals surface area (Å²) in [7, 11) is 0. The van der Waals surface area contributed by atoms with Gasteiger partial charge in [0.2, 0.25) is 0 Å². The van der Waals surface area contributed by atoms with E-state index in [-0.39, 0.29) is 0 Å². The maximum atomic E-state index is 4.42. The van der Waals surface area contributed by atoms with Gasteiger partial charge in [0.05, 0.1) is 0 Å². The number of pyridine rings is 1. The molecule has 3 nitrogen and oxygen atoms in total. The van der Waals surface area contributed by atoms with Gasteiger partial charge >= 0.3 is 0 Å². The first-order chi connectivity index (χ1) is 13.4. The van der Waals surface area contributed by atoms with Gasteiger partial charge in [-0.25, -0.2) is 0 Å². The highest BCUT2D eigenvalue weighted by Gasteiger charge is 2.29. The van der Waals surface area contributed by atoms with E-state index in [1.54, 1.807) is 0 Å². The Morgan fingerprint density at radius 2 is 1.78 bits per heavy atom. The zero-order chi connectivity index (χ0) is 18.1. The van der Waals surface area contributed by atoms with Crippen molar-refractivity contribution < 1.29 is 0 Å². The van der Waals surface area contributed by atoms with E-state index in [2.05, 4.69) is 69.9 Å². The molecule has 1 N–H and O–H groups in total. The van der Waals surface area contributed by atoms with Crippen LogP contribution in [0.5, 0.6) is 0 Å². The van der Waals surface area contributed by atoms with E-state index < -0.39 is 0 Å². The van der Waals surface area contributed by atoms with Gasteiger partial charge < -0.3 is 10.2 Å². The molecule has 1 aliphatic carbocycles. The number of hydrogen-bond donors (Lipinski definition) is 1. The molecule has 0 bridgehead atoms. The minimum absolute atomic E-state index is 0.651. The molecule has 2 aromatic carbocycles. The molecular formula is C24H27N3. The molecule has 27 heavy (non-hydrogen) atoms. The third kappa shape index (κ3) is 3.32. The van der Waals surface area contributed by atoms with E-state index in [0.29, 0.717) is 12.1 Å². The van der Waals surface area contributed by atoms with Gasteiger partial charge in [0, 0.05) is 54.0 Å². The lowest BCUT2D eigenvalue weighted by molar-refractivity contribution is 0.330. The highest BCUT2D eigenvalue weighted by Crippen LogP contribution is 2.37. The average Bonchev–Trinajstić information content (AvgIpc) is 2.74. The van der Waals surface area contributed by atoms with Gasteiger partial charge in [-0.1, -0.05) is 42.5 Å². The molecular weight excluding hydrogens is 330 g/mol. The summed E-state index contributed by atoms with van der Waals surface area (Å²) in [5.41, 5.74) is 4.22. The molecule has 0 radical (unpaired) electrons. The van der Waals surface area contributed by atoms with Gasteiger partial charge in [-0.3, -0.25) is 4.98 Å². The van der Waals surface area contributed by atoms with Crippen LogP contribution in [0.4, 0.5) is 5.69 Å². The number of anilines is 1. The Kier molecular flexibility index (Phi) is 4.54. The zero-order valence-electron chi connectivity index (χ0n) is 15.8. The van der Waals surface area contributed by atoms with Gasteiger partial charge in [0.1, 0.15) is 0 Å². The second kappa shape index (κ2) is 7.32. The quantitative estimate of drug-likeness (QED) is 0.734. The lowest BCUT2D eigenvalue weighted by Gasteiger charge is -2.41. The van der Waals surface area contributed by atoms with E-state index in [1.807, 2.05) is 6.20 Å². The van der Waals surface area contributed by atoms with Gasteiger partial charge in [0.15, 0.2) is 0 Å². The Labute approximate surface area is 161 Å². The zero-order valence-corrected chi connectivity index (χ0v) is 15.8. The van der Waals surface area contributed by atoms with E-state index in [9.17, 15) is 0 Å². The summed E-state index contributed by atoms with van der Waals surface area (Å²) in [6.07, 6.45) is 10.3. The van der Waals surface area contributed by atoms with Crippen molar-refractivity contribution in [2.75, 3.05) is 11.4 Å². The normalized spacial score (nSPS) is 22.1. The van der Waals surface area contributed by atoms with Gasteiger partial charge in [0.25, 0.3) is 0 Å². The topological polar surface area (TPSA) is 28.2 Å². The van der Waals surface area contributed by atoms with Gasteiger partial charge in [-0.2, -0.15) is 0 Å². The SMILES string of the molecule is c1ccc(CN[C@H]2CC[C@@H](N3CCc4cncc5cccc3c45)CC2)cc1. The predicted molar refractivity (Wildman–Crippen MR) is 112 cm³/mol. The maximum absolute atomic E-state index is 4.42. The van der Waals surface area contributed by atoms with Gasteiger partial charge in [-0.05, 0) is 49.3 Å². The van der Waals surface area contributed by atoms with E-state index in [0.717, 1.165) is 19.5 Å². The second-order valence-electron chi connectivity index (χ2n) is 7.99. The average molecular weight is 358 g/mol. The van der Waals surface area contributed by atoms with Crippen molar-refractivity contribution >= 4 is 16.5 Å². The Morgan fingerprint density at radius 1 is 0.926 bits per heavy atom. The predicted octanol–water partition coefficient (Wildman–Crippen LogP) is 4.70. The minimum atomic E-state index is 0.651. The van der Waals surface area contributed by atoms with Crippen LogP contribution in [0.3, 0.4) is 0 Å². The summed E-state index contributed by atoms with van der Waals surface area (Å²) >= 11 is 0. The maximum Gasteiger partial charge on any atom is 0.0452 e. The van der Waals surface area contributed by atoms with Crippen LogP contribution in [-0.4, -0.2) is 23.6 Å². The number of rotatable bonds is 4. The van der Waals surface area contributed by atoms with Crippen LogP contribution in [0.25, 0.3) is 10.8 Å². The molecule has 1 saturated carbocycles. The smallest absolute Gasteiger partial charge is 0.0452 e. The summed E-state index contributed by atoms with van der Waals surface area (Å²) in [5, 5.41) is 6.49. The van der Waals surface area contributed by atoms with Crippen molar-refractivity contribution in [1.82, 2.24) is 10.3 Å². The standard InChI is InChI=1S/C24H27N3/c1-2-5-18(6-3-1)15-26-21-9-11-22(12-10-21)27-14-13-20-17-25-16-19-7-4-8-23(27)24(19)20/h1-8,16-17,21-22,26H,9-15H2/t21-,22+. The molecule has 3 heteroatoms. The summed E-state index contributed by atoms with van der Waals surface area (Å²) in [6.45, 7) is 2.12. The van der Waals surface area contributed by atoms with Crippen LogP contribution < -0.4 is 10.2 Å². The molecule has 1 fully saturated rings. The molecule has 0 amide bonds. The van der Waals surface area contributed by atoms with Crippen molar-refractivity contribution in [1.29, 1.82) is 0 Å². The summed E-state index contributed by atoms with van der Waals surface area (Å²) < 4.78 is 0. The molecule has 3 aromatic rings. The Hall–Kier alpha value is -2.39. The Balaban J connectivity index is 1.26. The minimum Gasteiger partial charge on any atom is -0.368 e. The molecule has 0 atom stereocenters. The molecule has 1 aromatic heterocycles. The lowest BCUT2D eigenvalue weighted by atomic mass is 9.88. The molecule has 0 saturated heterocycles. The van der Waals surface area contributed by atoms with Crippen molar-refractivity contribution in [2.45, 2.75) is 50.7 Å². The Bertz CT molecular complexity index is 908. The van der Waals surface area contributed by atoms with E-state index in [4.69, 9.17) is 0 Å². The molecule has 0 unspecified atom stereocenters.